The van der Waals surface area contributed by atoms with Crippen molar-refractivity contribution in [1.82, 2.24) is 15.9 Å². The van der Waals surface area contributed by atoms with Gasteiger partial charge >= 0.3 is 5.97 Å². The predicted molar refractivity (Wildman–Crippen MR) is 104 cm³/mol. The Morgan fingerprint density at radius 2 is 1.89 bits per heavy atom. The van der Waals surface area contributed by atoms with Crippen LogP contribution in [0.4, 0.5) is 5.69 Å². The summed E-state index contributed by atoms with van der Waals surface area (Å²) in [5.41, 5.74) is 7.39. The van der Waals surface area contributed by atoms with Gasteiger partial charge in [0.2, 0.25) is 5.91 Å². The lowest BCUT2D eigenvalue weighted by Crippen LogP contribution is -2.52. The van der Waals surface area contributed by atoms with Gasteiger partial charge in [-0.3, -0.25) is 14.6 Å². The molecule has 0 saturated heterocycles. The number of carbonyl (C=O) groups excluding carboxylic acids is 2. The maximum atomic E-state index is 12.6. The van der Waals surface area contributed by atoms with Crippen LogP contribution < -0.4 is 16.3 Å². The Hall–Kier alpha value is -2.61. The van der Waals surface area contributed by atoms with E-state index in [0.717, 1.165) is 18.5 Å². The Morgan fingerprint density at radius 3 is 2.54 bits per heavy atom. The van der Waals surface area contributed by atoms with Crippen molar-refractivity contribution in [3.63, 3.8) is 0 Å². The monoisotopic (exact) mass is 388 g/mol. The molecule has 2 aliphatic rings. The van der Waals surface area contributed by atoms with Gasteiger partial charge < -0.3 is 15.8 Å². The number of hydrogen-bond donors (Lipinski definition) is 4. The number of fused-ring (bicyclic) bond motifs is 1. The lowest BCUT2D eigenvalue weighted by atomic mass is 9.81. The van der Waals surface area contributed by atoms with E-state index in [1.54, 1.807) is 24.9 Å². The number of hydrazine groups is 2. The van der Waals surface area contributed by atoms with E-state index < -0.39 is 12.0 Å². The molecule has 1 saturated carbocycles. The molecule has 0 spiro atoms. The minimum absolute atomic E-state index is 0.0598. The largest absolute Gasteiger partial charge is 0.480 e. The van der Waals surface area contributed by atoms with Gasteiger partial charge in [-0.05, 0) is 49.7 Å². The van der Waals surface area contributed by atoms with Gasteiger partial charge in [-0.2, -0.15) is 0 Å². The number of carboxylic acid groups (broad SMARTS) is 1. The molecule has 1 aromatic carbocycles. The van der Waals surface area contributed by atoms with Crippen molar-refractivity contribution >= 4 is 23.5 Å². The smallest absolute Gasteiger partial charge is 0.326 e. The molecule has 0 radical (unpaired) electrons. The first-order valence-electron chi connectivity index (χ1n) is 9.82. The van der Waals surface area contributed by atoms with Crippen molar-refractivity contribution in [3.8, 4) is 0 Å². The molecule has 4 N–H and O–H groups in total. The summed E-state index contributed by atoms with van der Waals surface area (Å²) in [6, 6.07) is 6.51. The lowest BCUT2D eigenvalue weighted by molar-refractivity contribution is -0.144. The highest BCUT2D eigenvalue weighted by Gasteiger charge is 2.32. The Bertz CT molecular complexity index is 743. The summed E-state index contributed by atoms with van der Waals surface area (Å²) in [5.74, 6) is -1.27. The number of para-hydroxylation sites is 1. The van der Waals surface area contributed by atoms with Crippen molar-refractivity contribution in [2.24, 2.45) is 17.8 Å². The molecule has 3 rings (SSSR count). The number of amides is 2. The summed E-state index contributed by atoms with van der Waals surface area (Å²) in [4.78, 5) is 36.3. The van der Waals surface area contributed by atoms with Gasteiger partial charge in [-0.1, -0.05) is 26.0 Å². The van der Waals surface area contributed by atoms with Crippen LogP contribution in [0.5, 0.6) is 0 Å². The second kappa shape index (κ2) is 8.60. The van der Waals surface area contributed by atoms with Gasteiger partial charge in [0.05, 0.1) is 11.3 Å². The first-order valence-corrected chi connectivity index (χ1v) is 9.82. The fourth-order valence-electron chi connectivity index (χ4n) is 3.88. The zero-order valence-corrected chi connectivity index (χ0v) is 16.3. The molecule has 1 atom stereocenters. The number of rotatable bonds is 6. The lowest BCUT2D eigenvalue weighted by Gasteiger charge is -2.35. The van der Waals surface area contributed by atoms with Gasteiger partial charge in [0.25, 0.3) is 5.91 Å². The topological polar surface area (TPSA) is 111 Å². The molecule has 8 heteroatoms. The minimum Gasteiger partial charge on any atom is -0.480 e. The Labute approximate surface area is 164 Å². The van der Waals surface area contributed by atoms with E-state index in [9.17, 15) is 19.5 Å². The number of aliphatic carboxylic acids is 1. The van der Waals surface area contributed by atoms with Crippen LogP contribution in [-0.2, 0) is 9.59 Å². The summed E-state index contributed by atoms with van der Waals surface area (Å²) in [6.07, 6.45) is 3.05. The van der Waals surface area contributed by atoms with Crippen LogP contribution in [-0.4, -0.2) is 40.5 Å². The highest BCUT2D eigenvalue weighted by molar-refractivity contribution is 6.00. The number of nitrogens with one attached hydrogen (secondary N) is 3. The van der Waals surface area contributed by atoms with Gasteiger partial charge in [-0.25, -0.2) is 4.79 Å². The molecule has 8 nitrogen and oxygen atoms in total. The summed E-state index contributed by atoms with van der Waals surface area (Å²) in [6.45, 7) is 4.13. The van der Waals surface area contributed by atoms with Gasteiger partial charge in [0, 0.05) is 12.5 Å². The summed E-state index contributed by atoms with van der Waals surface area (Å²) >= 11 is 0. The van der Waals surface area contributed by atoms with Crippen molar-refractivity contribution in [1.29, 1.82) is 0 Å². The number of hydrogen-bond acceptors (Lipinski definition) is 5. The van der Waals surface area contributed by atoms with E-state index in [-0.39, 0.29) is 23.7 Å². The van der Waals surface area contributed by atoms with Crippen LogP contribution in [0.25, 0.3) is 0 Å². The molecule has 2 amide bonds. The van der Waals surface area contributed by atoms with Crippen molar-refractivity contribution in [3.05, 3.63) is 29.8 Å². The molecule has 1 aliphatic heterocycles. The molecule has 152 valence electrons. The normalized spacial score (nSPS) is 23.0. The highest BCUT2D eigenvalue weighted by atomic mass is 16.4. The maximum absolute atomic E-state index is 12.6. The molecule has 1 aromatic rings. The van der Waals surface area contributed by atoms with Crippen LogP contribution in [0.3, 0.4) is 0 Å². The molecule has 1 aliphatic carbocycles. The van der Waals surface area contributed by atoms with Gasteiger partial charge in [0.15, 0.2) is 0 Å². The first-order chi connectivity index (χ1) is 13.4. The fraction of sp³-hybridized carbons (Fsp3) is 0.550. The van der Waals surface area contributed by atoms with E-state index >= 15 is 0 Å². The third kappa shape index (κ3) is 4.44. The number of carbonyl (C=O) groups is 3. The Morgan fingerprint density at radius 1 is 1.21 bits per heavy atom. The molecule has 1 fully saturated rings. The SMILES string of the molecule is CC(C)[C@H](NC(=O)C1CCC(CN2NNc3ccccc3C2=O)CC1)C(=O)O. The van der Waals surface area contributed by atoms with E-state index in [2.05, 4.69) is 16.3 Å². The van der Waals surface area contributed by atoms with Crippen molar-refractivity contribution < 1.29 is 19.5 Å². The number of benzene rings is 1. The molecule has 28 heavy (non-hydrogen) atoms. The van der Waals surface area contributed by atoms with E-state index in [1.807, 2.05) is 18.2 Å². The van der Waals surface area contributed by atoms with E-state index in [0.29, 0.717) is 30.9 Å². The Balaban J connectivity index is 1.50. The molecule has 0 aromatic heterocycles. The quantitative estimate of drug-likeness (QED) is 0.593. The molecular formula is C20H28N4O4. The third-order valence-corrected chi connectivity index (χ3v) is 5.62. The zero-order chi connectivity index (χ0) is 20.3. The standard InChI is InChI=1S/C20H28N4O4/c1-12(2)17(20(27)28)21-18(25)14-9-7-13(8-10-14)11-24-19(26)15-5-3-4-6-16(15)22-23-24/h3-6,12-14,17,22-23H,7-11H2,1-2H3,(H,21,25)(H,27,28)/t13?,14?,17-/m0/s1. The molecule has 0 bridgehead atoms. The van der Waals surface area contributed by atoms with Crippen LogP contribution in [0.2, 0.25) is 0 Å². The summed E-state index contributed by atoms with van der Waals surface area (Å²) in [7, 11) is 0. The molecule has 1 heterocycles. The number of anilines is 1. The predicted octanol–water partition coefficient (Wildman–Crippen LogP) is 2.01. The zero-order valence-electron chi connectivity index (χ0n) is 16.3. The summed E-state index contributed by atoms with van der Waals surface area (Å²) in [5, 5.41) is 13.5. The van der Waals surface area contributed by atoms with E-state index in [1.165, 1.54) is 0 Å². The number of carboxylic acids is 1. The van der Waals surface area contributed by atoms with Crippen molar-refractivity contribution in [2.45, 2.75) is 45.6 Å². The van der Waals surface area contributed by atoms with Crippen LogP contribution >= 0.6 is 0 Å². The third-order valence-electron chi connectivity index (χ3n) is 5.62. The van der Waals surface area contributed by atoms with E-state index in [4.69, 9.17) is 0 Å². The van der Waals surface area contributed by atoms with Gasteiger partial charge in [-0.15, -0.1) is 5.53 Å². The fourth-order valence-corrected chi connectivity index (χ4v) is 3.88. The van der Waals surface area contributed by atoms with Crippen molar-refractivity contribution in [2.75, 3.05) is 12.0 Å². The minimum atomic E-state index is -1.00. The summed E-state index contributed by atoms with van der Waals surface area (Å²) < 4.78 is 0. The van der Waals surface area contributed by atoms with Crippen LogP contribution in [0, 0.1) is 17.8 Å². The number of nitrogens with zero attached hydrogens (tertiary/aromatic N) is 1. The maximum Gasteiger partial charge on any atom is 0.326 e. The van der Waals surface area contributed by atoms with Gasteiger partial charge in [0.1, 0.15) is 6.04 Å². The Kier molecular flexibility index (Phi) is 6.18. The first kappa shape index (κ1) is 20.1. The van der Waals surface area contributed by atoms with Crippen LogP contribution in [0.15, 0.2) is 24.3 Å². The van der Waals surface area contributed by atoms with Crippen LogP contribution in [0.1, 0.15) is 49.9 Å². The average molecular weight is 388 g/mol. The molecular weight excluding hydrogens is 360 g/mol. The average Bonchev–Trinajstić information content (AvgIpc) is 2.68. The second-order valence-corrected chi connectivity index (χ2v) is 7.98. The molecule has 0 unspecified atom stereocenters. The highest BCUT2D eigenvalue weighted by Crippen LogP contribution is 2.30. The second-order valence-electron chi connectivity index (χ2n) is 7.98.